The Hall–Kier alpha value is -1.84. The quantitative estimate of drug-likeness (QED) is 0.921. The molecule has 21 heavy (non-hydrogen) atoms. The van der Waals surface area contributed by atoms with Crippen LogP contribution >= 0.6 is 0 Å². The first-order valence-corrected chi connectivity index (χ1v) is 7.84. The summed E-state index contributed by atoms with van der Waals surface area (Å²) in [5, 5.41) is 3.11. The van der Waals surface area contributed by atoms with E-state index in [0.717, 1.165) is 18.4 Å². The van der Waals surface area contributed by atoms with Crippen molar-refractivity contribution < 1.29 is 9.59 Å². The van der Waals surface area contributed by atoms with Crippen molar-refractivity contribution in [2.75, 3.05) is 6.54 Å². The Kier molecular flexibility index (Phi) is 4.23. The SMILES string of the molecule is O=C(NC1CCCC1)C1CC(=O)N(Cc2ccccc2)C1. The van der Waals surface area contributed by atoms with E-state index in [-0.39, 0.29) is 17.7 Å². The molecule has 1 aromatic rings. The number of hydrogen-bond donors (Lipinski definition) is 1. The molecule has 1 aliphatic carbocycles. The summed E-state index contributed by atoms with van der Waals surface area (Å²) in [6.07, 6.45) is 4.93. The van der Waals surface area contributed by atoms with E-state index >= 15 is 0 Å². The number of nitrogens with one attached hydrogen (secondary N) is 1. The lowest BCUT2D eigenvalue weighted by Crippen LogP contribution is -2.38. The van der Waals surface area contributed by atoms with Crippen LogP contribution < -0.4 is 5.32 Å². The van der Waals surface area contributed by atoms with Crippen molar-refractivity contribution >= 4 is 11.8 Å². The van der Waals surface area contributed by atoms with E-state index in [1.807, 2.05) is 30.3 Å². The number of hydrogen-bond acceptors (Lipinski definition) is 2. The highest BCUT2D eigenvalue weighted by molar-refractivity contribution is 5.89. The average Bonchev–Trinajstić information content (AvgIpc) is 3.11. The molecule has 1 aliphatic heterocycles. The second kappa shape index (κ2) is 6.29. The van der Waals surface area contributed by atoms with E-state index < -0.39 is 0 Å². The minimum Gasteiger partial charge on any atom is -0.353 e. The van der Waals surface area contributed by atoms with Crippen LogP contribution in [0.15, 0.2) is 30.3 Å². The Morgan fingerprint density at radius 2 is 1.90 bits per heavy atom. The van der Waals surface area contributed by atoms with Crippen molar-refractivity contribution in [3.63, 3.8) is 0 Å². The largest absolute Gasteiger partial charge is 0.353 e. The minimum absolute atomic E-state index is 0.0609. The number of likely N-dealkylation sites (tertiary alicyclic amines) is 1. The Morgan fingerprint density at radius 3 is 2.62 bits per heavy atom. The molecule has 112 valence electrons. The van der Waals surface area contributed by atoms with Gasteiger partial charge >= 0.3 is 0 Å². The van der Waals surface area contributed by atoms with Crippen LogP contribution in [0, 0.1) is 5.92 Å². The van der Waals surface area contributed by atoms with Gasteiger partial charge in [0, 0.05) is 25.6 Å². The molecule has 0 bridgehead atoms. The van der Waals surface area contributed by atoms with Crippen LogP contribution in [-0.2, 0) is 16.1 Å². The lowest BCUT2D eigenvalue weighted by molar-refractivity contribution is -0.129. The van der Waals surface area contributed by atoms with Gasteiger partial charge in [-0.15, -0.1) is 0 Å². The van der Waals surface area contributed by atoms with Crippen molar-refractivity contribution in [1.29, 1.82) is 0 Å². The summed E-state index contributed by atoms with van der Waals surface area (Å²) >= 11 is 0. The molecule has 1 unspecified atom stereocenters. The summed E-state index contributed by atoms with van der Waals surface area (Å²) in [7, 11) is 0. The highest BCUT2D eigenvalue weighted by Gasteiger charge is 2.35. The molecule has 1 atom stereocenters. The van der Waals surface area contributed by atoms with Crippen molar-refractivity contribution in [3.05, 3.63) is 35.9 Å². The first-order valence-electron chi connectivity index (χ1n) is 7.84. The van der Waals surface area contributed by atoms with E-state index in [4.69, 9.17) is 0 Å². The van der Waals surface area contributed by atoms with Crippen molar-refractivity contribution in [2.24, 2.45) is 5.92 Å². The van der Waals surface area contributed by atoms with Gasteiger partial charge in [0.1, 0.15) is 0 Å². The van der Waals surface area contributed by atoms with Gasteiger partial charge in [0.05, 0.1) is 5.92 Å². The van der Waals surface area contributed by atoms with Gasteiger partial charge < -0.3 is 10.2 Å². The van der Waals surface area contributed by atoms with E-state index in [0.29, 0.717) is 25.6 Å². The zero-order valence-corrected chi connectivity index (χ0v) is 12.3. The maximum atomic E-state index is 12.3. The molecule has 2 fully saturated rings. The Bertz CT molecular complexity index is 509. The fourth-order valence-corrected chi connectivity index (χ4v) is 3.29. The molecule has 0 radical (unpaired) electrons. The summed E-state index contributed by atoms with van der Waals surface area (Å²) in [5.41, 5.74) is 1.11. The van der Waals surface area contributed by atoms with Gasteiger partial charge in [-0.25, -0.2) is 0 Å². The van der Waals surface area contributed by atoms with Crippen molar-refractivity contribution in [1.82, 2.24) is 10.2 Å². The third-order valence-corrected chi connectivity index (χ3v) is 4.50. The first kappa shape index (κ1) is 14.1. The van der Waals surface area contributed by atoms with Crippen LogP contribution in [0.1, 0.15) is 37.7 Å². The fraction of sp³-hybridized carbons (Fsp3) is 0.529. The first-order chi connectivity index (χ1) is 10.2. The summed E-state index contributed by atoms with van der Waals surface area (Å²) in [5.74, 6) is -0.0296. The van der Waals surface area contributed by atoms with Gasteiger partial charge in [-0.3, -0.25) is 9.59 Å². The Balaban J connectivity index is 1.55. The number of amides is 2. The van der Waals surface area contributed by atoms with E-state index in [1.165, 1.54) is 12.8 Å². The van der Waals surface area contributed by atoms with Crippen molar-refractivity contribution in [2.45, 2.75) is 44.7 Å². The predicted molar refractivity (Wildman–Crippen MR) is 80.4 cm³/mol. The molecule has 1 N–H and O–H groups in total. The minimum atomic E-state index is -0.179. The van der Waals surface area contributed by atoms with Gasteiger partial charge in [-0.2, -0.15) is 0 Å². The monoisotopic (exact) mass is 286 g/mol. The molecule has 4 nitrogen and oxygen atoms in total. The molecular weight excluding hydrogens is 264 g/mol. The third kappa shape index (κ3) is 3.43. The van der Waals surface area contributed by atoms with Crippen LogP contribution in [0.3, 0.4) is 0 Å². The second-order valence-electron chi connectivity index (χ2n) is 6.15. The number of rotatable bonds is 4. The lowest BCUT2D eigenvalue weighted by Gasteiger charge is -2.18. The average molecular weight is 286 g/mol. The third-order valence-electron chi connectivity index (χ3n) is 4.50. The molecule has 0 spiro atoms. The molecule has 2 amide bonds. The van der Waals surface area contributed by atoms with Gasteiger partial charge in [-0.1, -0.05) is 43.2 Å². The maximum Gasteiger partial charge on any atom is 0.225 e. The van der Waals surface area contributed by atoms with Crippen LogP contribution in [0.2, 0.25) is 0 Å². The standard InChI is InChI=1S/C17H22N2O2/c20-16-10-14(17(21)18-15-8-4-5-9-15)12-19(16)11-13-6-2-1-3-7-13/h1-3,6-7,14-15H,4-5,8-12H2,(H,18,21). The van der Waals surface area contributed by atoms with Gasteiger partial charge in [-0.05, 0) is 18.4 Å². The van der Waals surface area contributed by atoms with E-state index in [1.54, 1.807) is 4.90 Å². The molecule has 1 saturated heterocycles. The summed E-state index contributed by atoms with van der Waals surface area (Å²) < 4.78 is 0. The molecule has 1 saturated carbocycles. The van der Waals surface area contributed by atoms with Gasteiger partial charge in [0.25, 0.3) is 0 Å². The zero-order valence-electron chi connectivity index (χ0n) is 12.3. The smallest absolute Gasteiger partial charge is 0.225 e. The number of nitrogens with zero attached hydrogens (tertiary/aromatic N) is 1. The molecule has 1 heterocycles. The number of carbonyl (C=O) groups excluding carboxylic acids is 2. The summed E-state index contributed by atoms with van der Waals surface area (Å²) in [6.45, 7) is 1.15. The summed E-state index contributed by atoms with van der Waals surface area (Å²) in [6, 6.07) is 10.3. The fourth-order valence-electron chi connectivity index (χ4n) is 3.29. The van der Waals surface area contributed by atoms with Gasteiger partial charge in [0.2, 0.25) is 11.8 Å². The Labute approximate surface area is 125 Å². The van der Waals surface area contributed by atoms with E-state index in [2.05, 4.69) is 5.32 Å². The Morgan fingerprint density at radius 1 is 1.19 bits per heavy atom. The molecule has 2 aliphatic rings. The topological polar surface area (TPSA) is 49.4 Å². The van der Waals surface area contributed by atoms with Gasteiger partial charge in [0.15, 0.2) is 0 Å². The highest BCUT2D eigenvalue weighted by atomic mass is 16.2. The zero-order chi connectivity index (χ0) is 14.7. The van der Waals surface area contributed by atoms with Crippen LogP contribution in [0.5, 0.6) is 0 Å². The van der Waals surface area contributed by atoms with Crippen LogP contribution in [0.25, 0.3) is 0 Å². The molecule has 0 aromatic heterocycles. The van der Waals surface area contributed by atoms with E-state index in [9.17, 15) is 9.59 Å². The highest BCUT2D eigenvalue weighted by Crippen LogP contribution is 2.22. The molecule has 4 heteroatoms. The maximum absolute atomic E-state index is 12.3. The number of benzene rings is 1. The number of carbonyl (C=O) groups is 2. The van der Waals surface area contributed by atoms with Crippen LogP contribution in [-0.4, -0.2) is 29.3 Å². The lowest BCUT2D eigenvalue weighted by atomic mass is 10.1. The molecular formula is C17H22N2O2. The normalized spacial score (nSPS) is 22.8. The summed E-state index contributed by atoms with van der Waals surface area (Å²) in [4.78, 5) is 26.1. The van der Waals surface area contributed by atoms with Crippen LogP contribution in [0.4, 0.5) is 0 Å². The molecule has 3 rings (SSSR count). The predicted octanol–water partition coefficient (Wildman–Crippen LogP) is 2.09. The molecule has 1 aromatic carbocycles. The second-order valence-corrected chi connectivity index (χ2v) is 6.15. The van der Waals surface area contributed by atoms with Crippen molar-refractivity contribution in [3.8, 4) is 0 Å².